The van der Waals surface area contributed by atoms with Gasteiger partial charge < -0.3 is 14.7 Å². The molecule has 0 saturated carbocycles. The second-order valence-corrected chi connectivity index (χ2v) is 5.72. The lowest BCUT2D eigenvalue weighted by molar-refractivity contribution is -0.155. The quantitative estimate of drug-likeness (QED) is 0.894. The number of β-amino-alcohol motifs (C(OH)–C–C–N with tert-alkyl or cyclic N) is 1. The third-order valence-electron chi connectivity index (χ3n) is 3.82. The van der Waals surface area contributed by atoms with Crippen LogP contribution in [-0.2, 0) is 11.2 Å². The average molecular weight is 277 g/mol. The van der Waals surface area contributed by atoms with Gasteiger partial charge in [0.25, 0.3) is 0 Å². The van der Waals surface area contributed by atoms with Crippen molar-refractivity contribution in [3.63, 3.8) is 0 Å². The monoisotopic (exact) mass is 277 g/mol. The summed E-state index contributed by atoms with van der Waals surface area (Å²) >= 11 is 0. The number of aryl methyl sites for hydroxylation is 1. The minimum Gasteiger partial charge on any atom is -0.496 e. The van der Waals surface area contributed by atoms with Gasteiger partial charge in [-0.2, -0.15) is 0 Å². The molecule has 4 nitrogen and oxygen atoms in total. The molecular weight excluding hydrogens is 254 g/mol. The number of hydrogen-bond donors (Lipinski definition) is 1. The van der Waals surface area contributed by atoms with Gasteiger partial charge >= 0.3 is 0 Å². The Morgan fingerprint density at radius 2 is 2.15 bits per heavy atom. The first-order valence-corrected chi connectivity index (χ1v) is 7.11. The maximum absolute atomic E-state index is 12.2. The van der Waals surface area contributed by atoms with Gasteiger partial charge in [-0.25, -0.2) is 0 Å². The molecule has 0 atom stereocenters. The van der Waals surface area contributed by atoms with E-state index in [4.69, 9.17) is 4.74 Å². The molecule has 1 N–H and O–H groups in total. The van der Waals surface area contributed by atoms with Crippen molar-refractivity contribution < 1.29 is 14.6 Å². The topological polar surface area (TPSA) is 49.8 Å². The van der Waals surface area contributed by atoms with Crippen LogP contribution < -0.4 is 4.74 Å². The number of benzene rings is 1. The summed E-state index contributed by atoms with van der Waals surface area (Å²) in [6.07, 6.45) is 2.02. The number of nitrogens with zero attached hydrogens (tertiary/aromatic N) is 1. The molecule has 1 aliphatic rings. The Balaban J connectivity index is 1.98. The lowest BCUT2D eigenvalue weighted by atomic mass is 9.89. The molecule has 1 aliphatic heterocycles. The van der Waals surface area contributed by atoms with E-state index < -0.39 is 5.60 Å². The van der Waals surface area contributed by atoms with Crippen LogP contribution in [0.3, 0.4) is 0 Å². The Hall–Kier alpha value is -1.55. The van der Waals surface area contributed by atoms with Crippen molar-refractivity contribution in [3.05, 3.63) is 29.3 Å². The van der Waals surface area contributed by atoms with Gasteiger partial charge in [-0.1, -0.05) is 31.0 Å². The summed E-state index contributed by atoms with van der Waals surface area (Å²) in [5.74, 6) is 0.794. The zero-order valence-electron chi connectivity index (χ0n) is 12.5. The van der Waals surface area contributed by atoms with Crippen molar-refractivity contribution in [2.75, 3.05) is 20.2 Å². The van der Waals surface area contributed by atoms with Crippen LogP contribution in [0.2, 0.25) is 0 Å². The van der Waals surface area contributed by atoms with E-state index >= 15 is 0 Å². The van der Waals surface area contributed by atoms with Crippen LogP contribution in [0.15, 0.2) is 18.2 Å². The van der Waals surface area contributed by atoms with Crippen LogP contribution in [0.1, 0.15) is 30.9 Å². The fourth-order valence-corrected chi connectivity index (χ4v) is 2.78. The number of carbonyl (C=O) groups excluding carboxylic acids is 1. The van der Waals surface area contributed by atoms with Crippen LogP contribution >= 0.6 is 0 Å². The number of methoxy groups -OCH3 is 1. The minimum atomic E-state index is -0.666. The Kier molecular flexibility index (Phi) is 4.33. The largest absolute Gasteiger partial charge is 0.496 e. The van der Waals surface area contributed by atoms with Crippen molar-refractivity contribution >= 4 is 5.91 Å². The summed E-state index contributed by atoms with van der Waals surface area (Å²) in [5.41, 5.74) is 1.35. The van der Waals surface area contributed by atoms with Crippen LogP contribution in [-0.4, -0.2) is 41.7 Å². The first-order valence-electron chi connectivity index (χ1n) is 7.11. The Labute approximate surface area is 120 Å². The number of rotatable bonds is 5. The highest BCUT2D eigenvalue weighted by atomic mass is 16.5. The molecule has 1 aromatic carbocycles. The zero-order valence-corrected chi connectivity index (χ0v) is 12.5. The SMILES string of the molecule is CCCC1(O)CN(C(=O)Cc2cc(C)ccc2OC)C1. The predicted molar refractivity (Wildman–Crippen MR) is 77.9 cm³/mol. The molecule has 20 heavy (non-hydrogen) atoms. The second kappa shape index (κ2) is 5.83. The molecule has 0 radical (unpaired) electrons. The number of ether oxygens (including phenoxy) is 1. The van der Waals surface area contributed by atoms with Gasteiger partial charge in [0.15, 0.2) is 0 Å². The van der Waals surface area contributed by atoms with Crippen LogP contribution in [0.4, 0.5) is 0 Å². The van der Waals surface area contributed by atoms with Gasteiger partial charge in [-0.15, -0.1) is 0 Å². The first kappa shape index (κ1) is 14.9. The lowest BCUT2D eigenvalue weighted by Crippen LogP contribution is -2.63. The van der Waals surface area contributed by atoms with Crippen molar-refractivity contribution in [2.24, 2.45) is 0 Å². The normalized spacial score (nSPS) is 16.7. The van der Waals surface area contributed by atoms with Crippen molar-refractivity contribution in [2.45, 2.75) is 38.7 Å². The van der Waals surface area contributed by atoms with E-state index in [1.807, 2.05) is 32.0 Å². The van der Waals surface area contributed by atoms with Gasteiger partial charge in [0, 0.05) is 5.56 Å². The summed E-state index contributed by atoms with van der Waals surface area (Å²) in [6.45, 7) is 4.94. The van der Waals surface area contributed by atoms with Crippen LogP contribution in [0, 0.1) is 6.92 Å². The molecule has 1 amide bonds. The van der Waals surface area contributed by atoms with E-state index in [0.717, 1.165) is 29.7 Å². The summed E-state index contributed by atoms with van der Waals surface area (Å²) in [7, 11) is 1.61. The fraction of sp³-hybridized carbons (Fsp3) is 0.562. The van der Waals surface area contributed by atoms with Gasteiger partial charge in [0.1, 0.15) is 5.75 Å². The number of likely N-dealkylation sites (tertiary alicyclic amines) is 1. The predicted octanol–water partition coefficient (Wildman–Crippen LogP) is 1.92. The average Bonchev–Trinajstić information content (AvgIpc) is 2.36. The lowest BCUT2D eigenvalue weighted by Gasteiger charge is -2.46. The highest BCUT2D eigenvalue weighted by Gasteiger charge is 2.42. The second-order valence-electron chi connectivity index (χ2n) is 5.72. The van der Waals surface area contributed by atoms with Gasteiger partial charge in [0.05, 0.1) is 32.2 Å². The number of hydrogen-bond acceptors (Lipinski definition) is 3. The number of aliphatic hydroxyl groups is 1. The summed E-state index contributed by atoms with van der Waals surface area (Å²) in [6, 6.07) is 5.84. The molecule has 1 saturated heterocycles. The minimum absolute atomic E-state index is 0.0506. The van der Waals surface area contributed by atoms with Crippen molar-refractivity contribution in [3.8, 4) is 5.75 Å². The van der Waals surface area contributed by atoms with E-state index in [9.17, 15) is 9.90 Å². The van der Waals surface area contributed by atoms with Crippen LogP contribution in [0.25, 0.3) is 0 Å². The smallest absolute Gasteiger partial charge is 0.227 e. The zero-order chi connectivity index (χ0) is 14.8. The van der Waals surface area contributed by atoms with Gasteiger partial charge in [-0.3, -0.25) is 4.79 Å². The Morgan fingerprint density at radius 3 is 2.75 bits per heavy atom. The van der Waals surface area contributed by atoms with Gasteiger partial charge in [-0.05, 0) is 19.4 Å². The van der Waals surface area contributed by atoms with E-state index in [1.54, 1.807) is 12.0 Å². The first-order chi connectivity index (χ1) is 9.47. The molecule has 110 valence electrons. The number of carbonyl (C=O) groups is 1. The molecular formula is C16H23NO3. The molecule has 1 fully saturated rings. The molecule has 1 aromatic rings. The maximum Gasteiger partial charge on any atom is 0.227 e. The van der Waals surface area contributed by atoms with Gasteiger partial charge in [0.2, 0.25) is 5.91 Å². The summed E-state index contributed by atoms with van der Waals surface area (Å²) < 4.78 is 5.29. The molecule has 1 heterocycles. The van der Waals surface area contributed by atoms with E-state index in [1.165, 1.54) is 0 Å². The molecule has 0 aliphatic carbocycles. The van der Waals surface area contributed by atoms with Crippen LogP contribution in [0.5, 0.6) is 5.75 Å². The third-order valence-corrected chi connectivity index (χ3v) is 3.82. The van der Waals surface area contributed by atoms with Crippen molar-refractivity contribution in [1.82, 2.24) is 4.90 Å². The standard InChI is InChI=1S/C16H23NO3/c1-4-7-16(19)10-17(11-16)15(18)9-13-8-12(2)5-6-14(13)20-3/h5-6,8,19H,4,7,9-11H2,1-3H3. The fourth-order valence-electron chi connectivity index (χ4n) is 2.78. The molecule has 0 spiro atoms. The third kappa shape index (κ3) is 3.12. The van der Waals surface area contributed by atoms with Crippen molar-refractivity contribution in [1.29, 1.82) is 0 Å². The number of amides is 1. The molecule has 4 heteroatoms. The Morgan fingerprint density at radius 1 is 1.45 bits per heavy atom. The summed E-state index contributed by atoms with van der Waals surface area (Å²) in [5, 5.41) is 10.1. The van der Waals surface area contributed by atoms with E-state index in [2.05, 4.69) is 0 Å². The molecule has 0 bridgehead atoms. The highest BCUT2D eigenvalue weighted by molar-refractivity contribution is 5.80. The summed E-state index contributed by atoms with van der Waals surface area (Å²) in [4.78, 5) is 13.9. The maximum atomic E-state index is 12.2. The molecule has 0 unspecified atom stereocenters. The highest BCUT2D eigenvalue weighted by Crippen LogP contribution is 2.27. The van der Waals surface area contributed by atoms with E-state index in [0.29, 0.717) is 19.5 Å². The molecule has 0 aromatic heterocycles. The van der Waals surface area contributed by atoms with E-state index in [-0.39, 0.29) is 5.91 Å². The molecule has 2 rings (SSSR count). The Bertz CT molecular complexity index is 492.